The third kappa shape index (κ3) is 2.99. The van der Waals surface area contributed by atoms with E-state index in [-0.39, 0.29) is 17.7 Å². The topological polar surface area (TPSA) is 49.3 Å². The maximum absolute atomic E-state index is 12.2. The molecule has 0 saturated carbocycles. The predicted molar refractivity (Wildman–Crippen MR) is 79.9 cm³/mol. The van der Waals surface area contributed by atoms with Crippen LogP contribution in [-0.4, -0.2) is 11.0 Å². The van der Waals surface area contributed by atoms with Crippen molar-refractivity contribution >= 4 is 5.91 Å². The zero-order chi connectivity index (χ0) is 14.7. The Labute approximate surface area is 119 Å². The molecule has 0 aliphatic rings. The second-order valence-corrected chi connectivity index (χ2v) is 5.05. The zero-order valence-corrected chi connectivity index (χ0v) is 12.0. The van der Waals surface area contributed by atoms with E-state index in [1.54, 1.807) is 25.1 Å². The maximum atomic E-state index is 12.2. The fourth-order valence-electron chi connectivity index (χ4n) is 2.23. The van der Waals surface area contributed by atoms with Crippen molar-refractivity contribution in [3.8, 4) is 5.75 Å². The number of hydrogen-bond acceptors (Lipinski definition) is 2. The number of hydrogen-bond donors (Lipinski definition) is 2. The highest BCUT2D eigenvalue weighted by molar-refractivity contribution is 5.94. The van der Waals surface area contributed by atoms with E-state index in [9.17, 15) is 9.90 Å². The standard InChI is InChI=1S/C17H19NO2/c1-11-6-4-5-7-15(11)13(3)18-17(20)14-8-9-16(19)12(2)10-14/h4-10,13,19H,1-3H3,(H,18,20). The van der Waals surface area contributed by atoms with Crippen molar-refractivity contribution in [3.63, 3.8) is 0 Å². The van der Waals surface area contributed by atoms with Crippen LogP contribution in [0.2, 0.25) is 0 Å². The Morgan fingerprint density at radius 1 is 1.10 bits per heavy atom. The maximum Gasteiger partial charge on any atom is 0.251 e. The molecule has 2 N–H and O–H groups in total. The van der Waals surface area contributed by atoms with Gasteiger partial charge in [0.25, 0.3) is 5.91 Å². The zero-order valence-electron chi connectivity index (χ0n) is 12.0. The lowest BCUT2D eigenvalue weighted by molar-refractivity contribution is 0.0939. The van der Waals surface area contributed by atoms with Crippen LogP contribution in [0.15, 0.2) is 42.5 Å². The van der Waals surface area contributed by atoms with Gasteiger partial charge in [0.1, 0.15) is 5.75 Å². The van der Waals surface area contributed by atoms with Gasteiger partial charge in [-0.25, -0.2) is 0 Å². The molecule has 1 unspecified atom stereocenters. The molecule has 3 heteroatoms. The molecule has 0 bridgehead atoms. The van der Waals surface area contributed by atoms with E-state index < -0.39 is 0 Å². The molecule has 0 saturated heterocycles. The van der Waals surface area contributed by atoms with Gasteiger partial charge in [0.15, 0.2) is 0 Å². The van der Waals surface area contributed by atoms with Gasteiger partial charge in [0.2, 0.25) is 0 Å². The molecule has 0 spiro atoms. The van der Waals surface area contributed by atoms with Crippen LogP contribution >= 0.6 is 0 Å². The van der Waals surface area contributed by atoms with Gasteiger partial charge >= 0.3 is 0 Å². The van der Waals surface area contributed by atoms with Crippen LogP contribution in [0.1, 0.15) is 40.0 Å². The minimum Gasteiger partial charge on any atom is -0.508 e. The summed E-state index contributed by atoms with van der Waals surface area (Å²) in [4.78, 5) is 12.2. The summed E-state index contributed by atoms with van der Waals surface area (Å²) in [5.41, 5.74) is 3.51. The number of carbonyl (C=O) groups excluding carboxylic acids is 1. The second kappa shape index (κ2) is 5.78. The molecule has 0 radical (unpaired) electrons. The quantitative estimate of drug-likeness (QED) is 0.896. The summed E-state index contributed by atoms with van der Waals surface area (Å²) in [6.45, 7) is 5.77. The summed E-state index contributed by atoms with van der Waals surface area (Å²) in [7, 11) is 0. The Kier molecular flexibility index (Phi) is 4.08. The molecule has 0 heterocycles. The first-order valence-corrected chi connectivity index (χ1v) is 6.65. The van der Waals surface area contributed by atoms with Gasteiger partial charge < -0.3 is 10.4 Å². The molecule has 1 atom stereocenters. The molecule has 104 valence electrons. The van der Waals surface area contributed by atoms with Gasteiger partial charge in [0.05, 0.1) is 6.04 Å². The average molecular weight is 269 g/mol. The van der Waals surface area contributed by atoms with E-state index in [1.807, 2.05) is 38.1 Å². The Bertz CT molecular complexity index is 635. The first-order valence-electron chi connectivity index (χ1n) is 6.65. The number of aromatic hydroxyl groups is 1. The van der Waals surface area contributed by atoms with Crippen LogP contribution in [0.4, 0.5) is 0 Å². The number of phenols is 1. The highest BCUT2D eigenvalue weighted by Crippen LogP contribution is 2.19. The van der Waals surface area contributed by atoms with Crippen molar-refractivity contribution in [3.05, 3.63) is 64.7 Å². The summed E-state index contributed by atoms with van der Waals surface area (Å²) in [5.74, 6) is 0.0670. The molecule has 0 aliphatic heterocycles. The Morgan fingerprint density at radius 2 is 1.80 bits per heavy atom. The number of aryl methyl sites for hydroxylation is 2. The smallest absolute Gasteiger partial charge is 0.251 e. The van der Waals surface area contributed by atoms with Crippen LogP contribution < -0.4 is 5.32 Å². The number of rotatable bonds is 3. The molecular weight excluding hydrogens is 250 g/mol. The van der Waals surface area contributed by atoms with Crippen molar-refractivity contribution in [1.82, 2.24) is 5.32 Å². The van der Waals surface area contributed by atoms with Crippen LogP contribution in [0.5, 0.6) is 5.75 Å². The van der Waals surface area contributed by atoms with Crippen molar-refractivity contribution in [2.45, 2.75) is 26.8 Å². The van der Waals surface area contributed by atoms with Crippen molar-refractivity contribution in [2.24, 2.45) is 0 Å². The summed E-state index contributed by atoms with van der Waals surface area (Å²) in [6, 6.07) is 12.8. The van der Waals surface area contributed by atoms with Crippen molar-refractivity contribution < 1.29 is 9.90 Å². The second-order valence-electron chi connectivity index (χ2n) is 5.05. The molecule has 20 heavy (non-hydrogen) atoms. The summed E-state index contributed by atoms with van der Waals surface area (Å²) in [6.07, 6.45) is 0. The number of nitrogens with one attached hydrogen (secondary N) is 1. The van der Waals surface area contributed by atoms with E-state index in [2.05, 4.69) is 5.32 Å². The minimum absolute atomic E-state index is 0.0576. The third-order valence-corrected chi connectivity index (χ3v) is 3.46. The Morgan fingerprint density at radius 3 is 2.45 bits per heavy atom. The first-order chi connectivity index (χ1) is 9.49. The average Bonchev–Trinajstić information content (AvgIpc) is 2.42. The fourth-order valence-corrected chi connectivity index (χ4v) is 2.23. The van der Waals surface area contributed by atoms with Crippen LogP contribution in [0.25, 0.3) is 0 Å². The van der Waals surface area contributed by atoms with Gasteiger partial charge in [-0.15, -0.1) is 0 Å². The van der Waals surface area contributed by atoms with Gasteiger partial charge in [0, 0.05) is 5.56 Å². The summed E-state index contributed by atoms with van der Waals surface area (Å²) < 4.78 is 0. The lowest BCUT2D eigenvalue weighted by Crippen LogP contribution is -2.27. The van der Waals surface area contributed by atoms with E-state index in [1.165, 1.54) is 0 Å². The highest BCUT2D eigenvalue weighted by Gasteiger charge is 2.13. The van der Waals surface area contributed by atoms with Crippen LogP contribution in [0.3, 0.4) is 0 Å². The molecule has 2 rings (SSSR count). The SMILES string of the molecule is Cc1cc(C(=O)NC(C)c2ccccc2C)ccc1O. The minimum atomic E-state index is -0.135. The third-order valence-electron chi connectivity index (χ3n) is 3.46. The van der Waals surface area contributed by atoms with Crippen LogP contribution in [-0.2, 0) is 0 Å². The van der Waals surface area contributed by atoms with Crippen LogP contribution in [0, 0.1) is 13.8 Å². The molecule has 3 nitrogen and oxygen atoms in total. The lowest BCUT2D eigenvalue weighted by Gasteiger charge is -2.16. The lowest BCUT2D eigenvalue weighted by atomic mass is 10.0. The normalized spacial score (nSPS) is 11.9. The number of phenolic OH excluding ortho intramolecular Hbond substituents is 1. The van der Waals surface area contributed by atoms with Gasteiger partial charge in [-0.3, -0.25) is 4.79 Å². The van der Waals surface area contributed by atoms with Gasteiger partial charge in [-0.05, 0) is 55.7 Å². The highest BCUT2D eigenvalue weighted by atomic mass is 16.3. The summed E-state index contributed by atoms with van der Waals surface area (Å²) in [5, 5.41) is 12.5. The molecule has 2 aromatic rings. The van der Waals surface area contributed by atoms with E-state index >= 15 is 0 Å². The van der Waals surface area contributed by atoms with Gasteiger partial charge in [-0.1, -0.05) is 24.3 Å². The van der Waals surface area contributed by atoms with E-state index in [0.29, 0.717) is 11.1 Å². The monoisotopic (exact) mass is 269 g/mol. The predicted octanol–water partition coefficient (Wildman–Crippen LogP) is 3.50. The molecule has 1 amide bonds. The van der Waals surface area contributed by atoms with E-state index in [0.717, 1.165) is 11.1 Å². The number of carbonyl (C=O) groups is 1. The molecule has 0 fully saturated rings. The van der Waals surface area contributed by atoms with E-state index in [4.69, 9.17) is 0 Å². The fraction of sp³-hybridized carbons (Fsp3) is 0.235. The molecular formula is C17H19NO2. The molecule has 0 aromatic heterocycles. The first kappa shape index (κ1) is 14.1. The summed E-state index contributed by atoms with van der Waals surface area (Å²) >= 11 is 0. The van der Waals surface area contributed by atoms with Crippen molar-refractivity contribution in [1.29, 1.82) is 0 Å². The molecule has 2 aromatic carbocycles. The van der Waals surface area contributed by atoms with Crippen molar-refractivity contribution in [2.75, 3.05) is 0 Å². The number of benzene rings is 2. The number of amides is 1. The molecule has 0 aliphatic carbocycles. The van der Waals surface area contributed by atoms with Gasteiger partial charge in [-0.2, -0.15) is 0 Å². The largest absolute Gasteiger partial charge is 0.508 e. The Hall–Kier alpha value is -2.29. The Balaban J connectivity index is 2.15.